The summed E-state index contributed by atoms with van der Waals surface area (Å²) in [6.07, 6.45) is 9.56. The van der Waals surface area contributed by atoms with E-state index in [1.807, 2.05) is 18.2 Å². The molecular formula is C17H21NO2. The third kappa shape index (κ3) is 2.72. The van der Waals surface area contributed by atoms with Crippen molar-refractivity contribution in [1.82, 2.24) is 5.32 Å². The Hall–Kier alpha value is -1.77. The minimum atomic E-state index is 0.0102. The number of carbonyl (C=O) groups excluding carboxylic acids is 1. The lowest BCUT2D eigenvalue weighted by Crippen LogP contribution is -2.30. The second-order valence-corrected chi connectivity index (χ2v) is 5.74. The van der Waals surface area contributed by atoms with Gasteiger partial charge in [-0.3, -0.25) is 4.79 Å². The van der Waals surface area contributed by atoms with Crippen LogP contribution in [0.5, 0.6) is 5.75 Å². The highest BCUT2D eigenvalue weighted by Crippen LogP contribution is 2.28. The molecular weight excluding hydrogens is 250 g/mol. The Morgan fingerprint density at radius 2 is 2.05 bits per heavy atom. The Morgan fingerprint density at radius 3 is 2.80 bits per heavy atom. The van der Waals surface area contributed by atoms with Crippen molar-refractivity contribution in [2.45, 2.75) is 38.5 Å². The van der Waals surface area contributed by atoms with E-state index < -0.39 is 0 Å². The number of rotatable bonds is 2. The molecule has 1 amide bonds. The molecule has 0 spiro atoms. The van der Waals surface area contributed by atoms with E-state index in [1.54, 1.807) is 7.11 Å². The van der Waals surface area contributed by atoms with Crippen LogP contribution < -0.4 is 10.1 Å². The van der Waals surface area contributed by atoms with Crippen LogP contribution in [0.4, 0.5) is 0 Å². The molecule has 1 aromatic carbocycles. The second kappa shape index (κ2) is 5.70. The van der Waals surface area contributed by atoms with E-state index in [0.717, 1.165) is 29.0 Å². The van der Waals surface area contributed by atoms with E-state index >= 15 is 0 Å². The summed E-state index contributed by atoms with van der Waals surface area (Å²) in [5, 5.41) is 3.04. The smallest absolute Gasteiger partial charge is 0.255 e. The van der Waals surface area contributed by atoms with Crippen molar-refractivity contribution in [2.24, 2.45) is 5.92 Å². The van der Waals surface area contributed by atoms with E-state index in [2.05, 4.69) is 11.4 Å². The average Bonchev–Trinajstić information content (AvgIpc) is 2.47. The predicted octanol–water partition coefficient (Wildman–Crippen LogP) is 3.45. The number of hydrogen-bond donors (Lipinski definition) is 1. The molecule has 1 heterocycles. The van der Waals surface area contributed by atoms with Crippen LogP contribution in [0.1, 0.15) is 48.0 Å². The molecule has 2 aliphatic rings. The Labute approximate surface area is 120 Å². The van der Waals surface area contributed by atoms with E-state index in [9.17, 15) is 4.79 Å². The zero-order chi connectivity index (χ0) is 13.9. The van der Waals surface area contributed by atoms with Crippen LogP contribution in [0.3, 0.4) is 0 Å². The Balaban J connectivity index is 1.83. The van der Waals surface area contributed by atoms with Crippen molar-refractivity contribution < 1.29 is 9.53 Å². The fraction of sp³-hybridized carbons (Fsp3) is 0.471. The summed E-state index contributed by atoms with van der Waals surface area (Å²) in [4.78, 5) is 12.1. The maximum atomic E-state index is 12.1. The zero-order valence-corrected chi connectivity index (χ0v) is 11.9. The Morgan fingerprint density at radius 1 is 1.25 bits per heavy atom. The molecule has 1 aromatic rings. The molecule has 3 heteroatoms. The monoisotopic (exact) mass is 271 g/mol. The van der Waals surface area contributed by atoms with Crippen molar-refractivity contribution >= 4 is 5.91 Å². The van der Waals surface area contributed by atoms with Crippen molar-refractivity contribution in [2.75, 3.05) is 7.11 Å². The molecule has 3 nitrogen and oxygen atoms in total. The highest BCUT2D eigenvalue weighted by Gasteiger charge is 2.21. The van der Waals surface area contributed by atoms with Crippen LogP contribution in [-0.2, 0) is 6.42 Å². The number of ether oxygens (including phenoxy) is 1. The van der Waals surface area contributed by atoms with Crippen LogP contribution in [0.25, 0.3) is 0 Å². The summed E-state index contributed by atoms with van der Waals surface area (Å²) < 4.78 is 5.25. The summed E-state index contributed by atoms with van der Waals surface area (Å²) >= 11 is 0. The molecule has 0 unspecified atom stereocenters. The minimum Gasteiger partial charge on any atom is -0.497 e. The van der Waals surface area contributed by atoms with Gasteiger partial charge in [-0.2, -0.15) is 0 Å². The van der Waals surface area contributed by atoms with Gasteiger partial charge in [0, 0.05) is 17.7 Å². The van der Waals surface area contributed by atoms with Gasteiger partial charge in [0.15, 0.2) is 0 Å². The second-order valence-electron chi connectivity index (χ2n) is 5.74. The van der Waals surface area contributed by atoms with Crippen LogP contribution in [0.15, 0.2) is 30.0 Å². The van der Waals surface area contributed by atoms with Gasteiger partial charge in [-0.05, 0) is 42.5 Å². The molecule has 1 saturated carbocycles. The maximum absolute atomic E-state index is 12.1. The first-order chi connectivity index (χ1) is 9.76. The van der Waals surface area contributed by atoms with Crippen molar-refractivity contribution in [1.29, 1.82) is 0 Å². The first-order valence-electron chi connectivity index (χ1n) is 7.45. The van der Waals surface area contributed by atoms with E-state index in [-0.39, 0.29) is 5.91 Å². The largest absolute Gasteiger partial charge is 0.497 e. The number of benzene rings is 1. The summed E-state index contributed by atoms with van der Waals surface area (Å²) in [5.74, 6) is 1.46. The molecule has 0 saturated heterocycles. The summed E-state index contributed by atoms with van der Waals surface area (Å²) in [7, 11) is 1.66. The highest BCUT2D eigenvalue weighted by atomic mass is 16.5. The van der Waals surface area contributed by atoms with Gasteiger partial charge in [0.25, 0.3) is 5.91 Å². The minimum absolute atomic E-state index is 0.0102. The third-order valence-corrected chi connectivity index (χ3v) is 4.30. The molecule has 106 valence electrons. The third-order valence-electron chi connectivity index (χ3n) is 4.30. The van der Waals surface area contributed by atoms with Crippen molar-refractivity contribution in [3.8, 4) is 5.75 Å². The van der Waals surface area contributed by atoms with E-state index in [1.165, 1.54) is 32.1 Å². The number of methoxy groups -OCH3 is 1. The van der Waals surface area contributed by atoms with Gasteiger partial charge >= 0.3 is 0 Å². The zero-order valence-electron chi connectivity index (χ0n) is 11.9. The lowest BCUT2D eigenvalue weighted by atomic mass is 9.87. The van der Waals surface area contributed by atoms with Gasteiger partial charge in [0.05, 0.1) is 7.11 Å². The fourth-order valence-electron chi connectivity index (χ4n) is 3.21. The molecule has 1 aliphatic carbocycles. The topological polar surface area (TPSA) is 38.3 Å². The number of nitrogens with one attached hydrogen (secondary N) is 1. The number of allylic oxidation sites excluding steroid dienone is 2. The standard InChI is InChI=1S/C17H21NO2/c1-20-15-7-8-16-13(11-15)10-14(18-17(16)19)9-12-5-3-2-4-6-12/h7-9,11-12H,2-6,10H2,1H3,(H,18,19)/b14-9+. The SMILES string of the molecule is COc1ccc2c(c1)C/C(=C\C1CCCCC1)NC2=O. The lowest BCUT2D eigenvalue weighted by molar-refractivity contribution is 0.0958. The Bertz CT molecular complexity index is 542. The fourth-order valence-corrected chi connectivity index (χ4v) is 3.21. The first-order valence-corrected chi connectivity index (χ1v) is 7.45. The number of hydrogen-bond acceptors (Lipinski definition) is 2. The number of amides is 1. The van der Waals surface area contributed by atoms with E-state index in [0.29, 0.717) is 5.92 Å². The maximum Gasteiger partial charge on any atom is 0.255 e. The summed E-state index contributed by atoms with van der Waals surface area (Å²) in [6, 6.07) is 5.66. The van der Waals surface area contributed by atoms with Crippen LogP contribution >= 0.6 is 0 Å². The van der Waals surface area contributed by atoms with Gasteiger partial charge in [-0.1, -0.05) is 25.3 Å². The molecule has 0 atom stereocenters. The molecule has 1 N–H and O–H groups in total. The van der Waals surface area contributed by atoms with Gasteiger partial charge in [-0.15, -0.1) is 0 Å². The highest BCUT2D eigenvalue weighted by molar-refractivity contribution is 5.98. The number of fused-ring (bicyclic) bond motifs is 1. The molecule has 3 rings (SSSR count). The molecule has 20 heavy (non-hydrogen) atoms. The first kappa shape index (κ1) is 13.2. The van der Waals surface area contributed by atoms with Gasteiger partial charge in [-0.25, -0.2) is 0 Å². The van der Waals surface area contributed by atoms with Crippen molar-refractivity contribution in [3.63, 3.8) is 0 Å². The molecule has 1 aliphatic heterocycles. The predicted molar refractivity (Wildman–Crippen MR) is 78.8 cm³/mol. The molecule has 0 aromatic heterocycles. The summed E-state index contributed by atoms with van der Waals surface area (Å²) in [6.45, 7) is 0. The molecule has 0 radical (unpaired) electrons. The van der Waals surface area contributed by atoms with Crippen LogP contribution in [-0.4, -0.2) is 13.0 Å². The average molecular weight is 271 g/mol. The quantitative estimate of drug-likeness (QED) is 0.894. The normalized spacial score (nSPS) is 21.4. The molecule has 1 fully saturated rings. The van der Waals surface area contributed by atoms with Gasteiger partial charge in [0.2, 0.25) is 0 Å². The number of carbonyl (C=O) groups is 1. The van der Waals surface area contributed by atoms with Gasteiger partial charge < -0.3 is 10.1 Å². The Kier molecular flexibility index (Phi) is 3.77. The van der Waals surface area contributed by atoms with Crippen LogP contribution in [0, 0.1) is 5.92 Å². The van der Waals surface area contributed by atoms with Crippen LogP contribution in [0.2, 0.25) is 0 Å². The van der Waals surface area contributed by atoms with E-state index in [4.69, 9.17) is 4.74 Å². The lowest BCUT2D eigenvalue weighted by Gasteiger charge is -2.24. The van der Waals surface area contributed by atoms with Gasteiger partial charge in [0.1, 0.15) is 5.75 Å². The van der Waals surface area contributed by atoms with Crippen molar-refractivity contribution in [3.05, 3.63) is 41.1 Å². The summed E-state index contributed by atoms with van der Waals surface area (Å²) in [5.41, 5.74) is 2.89. The molecule has 0 bridgehead atoms.